The van der Waals surface area contributed by atoms with Gasteiger partial charge in [-0.15, -0.1) is 0 Å². The van der Waals surface area contributed by atoms with E-state index >= 15 is 0 Å². The van der Waals surface area contributed by atoms with Crippen molar-refractivity contribution in [3.8, 4) is 0 Å². The Hall–Kier alpha value is 0.740. The van der Waals surface area contributed by atoms with E-state index in [4.69, 9.17) is 0 Å². The molecular formula is C15H23ITe. The van der Waals surface area contributed by atoms with Crippen LogP contribution in [0.25, 0.3) is 0 Å². The summed E-state index contributed by atoms with van der Waals surface area (Å²) in [6, 6.07) is 4.92. The summed E-state index contributed by atoms with van der Waals surface area (Å²) in [5.74, 6) is 1.94. The van der Waals surface area contributed by atoms with Crippen LogP contribution in [-0.2, 0) is 0 Å². The molecule has 0 aliphatic rings. The van der Waals surface area contributed by atoms with E-state index in [0.717, 1.165) is 0 Å². The van der Waals surface area contributed by atoms with E-state index in [1.54, 1.807) is 14.7 Å². The van der Waals surface area contributed by atoms with Gasteiger partial charge in [-0.2, -0.15) is 0 Å². The molecule has 2 heteroatoms. The molecule has 1 rings (SSSR count). The third-order valence-corrected chi connectivity index (χ3v) is 7.90. The van der Waals surface area contributed by atoms with Crippen LogP contribution in [0.1, 0.15) is 76.0 Å². The molecule has 0 aromatic heterocycles. The minimum absolute atomic E-state index is 0.0430. The molecule has 1 aromatic rings. The minimum atomic E-state index is -0.0430. The van der Waals surface area contributed by atoms with Crippen molar-refractivity contribution in [1.82, 2.24) is 0 Å². The van der Waals surface area contributed by atoms with Crippen molar-refractivity contribution in [2.75, 3.05) is 0 Å². The summed E-state index contributed by atoms with van der Waals surface area (Å²) in [4.78, 5) is 0. The molecule has 0 bridgehead atoms. The topological polar surface area (TPSA) is 0 Å². The standard InChI is InChI=1S/C15H23ITe/c1-9(2)12-7-13(10(3)4)15(17-16)14(8-12)11(5)6/h7-11H,1-6H3. The van der Waals surface area contributed by atoms with Gasteiger partial charge in [-0.25, -0.2) is 0 Å². The van der Waals surface area contributed by atoms with Gasteiger partial charge in [-0.3, -0.25) is 0 Å². The van der Waals surface area contributed by atoms with Gasteiger partial charge < -0.3 is 0 Å². The Balaban J connectivity index is 3.46. The first-order valence-electron chi connectivity index (χ1n) is 6.34. The Morgan fingerprint density at radius 2 is 1.24 bits per heavy atom. The van der Waals surface area contributed by atoms with Gasteiger partial charge in [0.1, 0.15) is 0 Å². The van der Waals surface area contributed by atoms with Crippen molar-refractivity contribution in [3.05, 3.63) is 28.8 Å². The predicted molar refractivity (Wildman–Crippen MR) is 88.1 cm³/mol. The van der Waals surface area contributed by atoms with Crippen molar-refractivity contribution >= 4 is 39.3 Å². The molecule has 0 spiro atoms. The third-order valence-electron chi connectivity index (χ3n) is 3.16. The molecule has 0 amide bonds. The van der Waals surface area contributed by atoms with Gasteiger partial charge in [0.25, 0.3) is 0 Å². The van der Waals surface area contributed by atoms with E-state index in [9.17, 15) is 0 Å². The first-order chi connectivity index (χ1) is 7.88. The Morgan fingerprint density at radius 3 is 1.47 bits per heavy atom. The second kappa shape index (κ2) is 6.78. The van der Waals surface area contributed by atoms with Gasteiger partial charge in [0, 0.05) is 0 Å². The van der Waals surface area contributed by atoms with Crippen molar-refractivity contribution < 1.29 is 0 Å². The molecule has 0 saturated carbocycles. The van der Waals surface area contributed by atoms with Crippen LogP contribution in [0.15, 0.2) is 12.1 Å². The number of rotatable bonds is 4. The maximum atomic E-state index is 2.63. The van der Waals surface area contributed by atoms with Gasteiger partial charge in [0.05, 0.1) is 0 Å². The van der Waals surface area contributed by atoms with E-state index in [1.807, 2.05) is 0 Å². The van der Waals surface area contributed by atoms with E-state index in [0.29, 0.717) is 17.8 Å². The van der Waals surface area contributed by atoms with Gasteiger partial charge in [0.15, 0.2) is 0 Å². The van der Waals surface area contributed by atoms with Crippen molar-refractivity contribution in [3.63, 3.8) is 0 Å². The Kier molecular flexibility index (Phi) is 6.30. The molecule has 0 saturated heterocycles. The number of hydrogen-bond donors (Lipinski definition) is 0. The molecule has 1 aromatic carbocycles. The molecular weight excluding hydrogens is 435 g/mol. The average Bonchev–Trinajstić information content (AvgIpc) is 2.26. The molecule has 0 heterocycles. The molecule has 0 atom stereocenters. The molecule has 0 nitrogen and oxygen atoms in total. The van der Waals surface area contributed by atoms with Crippen molar-refractivity contribution in [1.29, 1.82) is 0 Å². The monoisotopic (exact) mass is 460 g/mol. The molecule has 0 aliphatic carbocycles. The Bertz CT molecular complexity index is 352. The molecule has 0 radical (unpaired) electrons. The molecule has 0 fully saturated rings. The SMILES string of the molecule is CC(C)c1cc(C(C)C)c([Te]I)c(C(C)C)c1. The van der Waals surface area contributed by atoms with Gasteiger partial charge in [0.2, 0.25) is 0 Å². The summed E-state index contributed by atoms with van der Waals surface area (Å²) in [5.41, 5.74) is 4.73. The van der Waals surface area contributed by atoms with Crippen LogP contribution in [0.3, 0.4) is 0 Å². The fourth-order valence-corrected chi connectivity index (χ4v) is 7.58. The Morgan fingerprint density at radius 1 is 0.824 bits per heavy atom. The Labute approximate surface area is 126 Å². The van der Waals surface area contributed by atoms with Crippen LogP contribution in [-0.4, -0.2) is 17.0 Å². The van der Waals surface area contributed by atoms with Gasteiger partial charge >= 0.3 is 127 Å². The summed E-state index contributed by atoms with van der Waals surface area (Å²) in [7, 11) is 0. The molecule has 17 heavy (non-hydrogen) atoms. The summed E-state index contributed by atoms with van der Waals surface area (Å²) in [5, 5.41) is 0. The van der Waals surface area contributed by atoms with Crippen LogP contribution in [0, 0.1) is 0 Å². The molecule has 96 valence electrons. The fourth-order valence-electron chi connectivity index (χ4n) is 1.98. The van der Waals surface area contributed by atoms with Crippen LogP contribution in [0.5, 0.6) is 0 Å². The van der Waals surface area contributed by atoms with Gasteiger partial charge in [-0.1, -0.05) is 0 Å². The zero-order valence-electron chi connectivity index (χ0n) is 11.7. The summed E-state index contributed by atoms with van der Waals surface area (Å²) in [6.45, 7) is 13.9. The number of halogens is 1. The molecule has 0 aliphatic heterocycles. The summed E-state index contributed by atoms with van der Waals surface area (Å²) >= 11 is 2.59. The van der Waals surface area contributed by atoms with E-state index in [2.05, 4.69) is 72.4 Å². The molecule has 0 unspecified atom stereocenters. The van der Waals surface area contributed by atoms with Crippen LogP contribution < -0.4 is 3.61 Å². The van der Waals surface area contributed by atoms with Crippen LogP contribution in [0.2, 0.25) is 0 Å². The zero-order chi connectivity index (χ0) is 13.2. The molecule has 0 N–H and O–H groups in total. The average molecular weight is 458 g/mol. The van der Waals surface area contributed by atoms with Gasteiger partial charge in [-0.05, 0) is 0 Å². The van der Waals surface area contributed by atoms with E-state index in [1.165, 1.54) is 5.56 Å². The van der Waals surface area contributed by atoms with Crippen LogP contribution >= 0.6 is 18.7 Å². The fraction of sp³-hybridized carbons (Fsp3) is 0.600. The summed E-state index contributed by atoms with van der Waals surface area (Å²) in [6.07, 6.45) is 0. The first kappa shape index (κ1) is 15.8. The normalized spacial score (nSPS) is 11.9. The second-order valence-electron chi connectivity index (χ2n) is 5.57. The second-order valence-corrected chi connectivity index (χ2v) is 10.1. The number of benzene rings is 1. The van der Waals surface area contributed by atoms with Crippen LogP contribution in [0.4, 0.5) is 0 Å². The quantitative estimate of drug-likeness (QED) is 0.453. The maximum absolute atomic E-state index is 2.63. The third kappa shape index (κ3) is 3.85. The van der Waals surface area contributed by atoms with E-state index < -0.39 is 0 Å². The summed E-state index contributed by atoms with van der Waals surface area (Å²) < 4.78 is 1.70. The van der Waals surface area contributed by atoms with Crippen molar-refractivity contribution in [2.45, 2.75) is 59.3 Å². The predicted octanol–water partition coefficient (Wildman–Crippen LogP) is 4.74. The van der Waals surface area contributed by atoms with Crippen molar-refractivity contribution in [2.24, 2.45) is 0 Å². The number of hydrogen-bond acceptors (Lipinski definition) is 0. The van der Waals surface area contributed by atoms with E-state index in [-0.39, 0.29) is 17.0 Å². The zero-order valence-corrected chi connectivity index (χ0v) is 16.2. The first-order valence-corrected chi connectivity index (χ1v) is 14.3.